The van der Waals surface area contributed by atoms with Gasteiger partial charge in [0, 0.05) is 19.2 Å². The number of ketones is 1. The van der Waals surface area contributed by atoms with Crippen molar-refractivity contribution in [2.24, 2.45) is 7.05 Å². The van der Waals surface area contributed by atoms with E-state index in [9.17, 15) is 14.4 Å². The van der Waals surface area contributed by atoms with Crippen molar-refractivity contribution in [1.82, 2.24) is 14.1 Å². The molecule has 0 unspecified atom stereocenters. The minimum Gasteiger partial charge on any atom is -0.327 e. The van der Waals surface area contributed by atoms with Crippen molar-refractivity contribution >= 4 is 16.8 Å². The molecule has 0 saturated carbocycles. The summed E-state index contributed by atoms with van der Waals surface area (Å²) in [6, 6.07) is 10.4. The second-order valence-corrected chi connectivity index (χ2v) is 5.03. The molecule has 1 aromatic carbocycles. The van der Waals surface area contributed by atoms with Crippen molar-refractivity contribution in [2.45, 2.75) is 13.5 Å². The van der Waals surface area contributed by atoms with Gasteiger partial charge in [-0.25, -0.2) is 4.79 Å². The van der Waals surface area contributed by atoms with E-state index in [0.29, 0.717) is 22.3 Å². The van der Waals surface area contributed by atoms with E-state index in [1.165, 1.54) is 6.07 Å². The third-order valence-corrected chi connectivity index (χ3v) is 3.76. The van der Waals surface area contributed by atoms with Gasteiger partial charge in [0.1, 0.15) is 5.65 Å². The molecule has 6 nitrogen and oxygen atoms in total. The largest absolute Gasteiger partial charge is 0.329 e. The van der Waals surface area contributed by atoms with Crippen molar-refractivity contribution in [3.63, 3.8) is 0 Å². The van der Waals surface area contributed by atoms with Crippen LogP contribution in [0.3, 0.4) is 0 Å². The molecule has 0 radical (unpaired) electrons. The normalized spacial score (nSPS) is 11.0. The molecule has 22 heavy (non-hydrogen) atoms. The third-order valence-electron chi connectivity index (χ3n) is 3.76. The predicted octanol–water partition coefficient (Wildman–Crippen LogP) is 1.28. The molecular formula is C16H15N3O3. The summed E-state index contributed by atoms with van der Waals surface area (Å²) in [6.45, 7) is 2.00. The zero-order valence-corrected chi connectivity index (χ0v) is 12.3. The Balaban J connectivity index is 2.27. The number of H-pyrrole nitrogens is 1. The standard InChI is InChI=1S/C16H15N3O3/c1-3-19-15(21)11-9-12(18(2)14(11)17-16(19)22)13(20)10-7-5-4-6-8-10/h4-9H,3H2,1-2H3,(H,17,22). The van der Waals surface area contributed by atoms with Crippen LogP contribution in [0.2, 0.25) is 0 Å². The van der Waals surface area contributed by atoms with Crippen molar-refractivity contribution in [3.8, 4) is 0 Å². The number of benzene rings is 1. The third kappa shape index (κ3) is 2.00. The van der Waals surface area contributed by atoms with Gasteiger partial charge in [-0.05, 0) is 13.0 Å². The summed E-state index contributed by atoms with van der Waals surface area (Å²) in [6.07, 6.45) is 0. The molecule has 112 valence electrons. The van der Waals surface area contributed by atoms with E-state index < -0.39 is 5.69 Å². The highest BCUT2D eigenvalue weighted by atomic mass is 16.2. The lowest BCUT2D eigenvalue weighted by Gasteiger charge is -2.04. The summed E-state index contributed by atoms with van der Waals surface area (Å²) in [5.41, 5.74) is 0.400. The number of carbonyl (C=O) groups excluding carboxylic acids is 1. The summed E-state index contributed by atoms with van der Waals surface area (Å²) in [4.78, 5) is 39.4. The molecule has 0 atom stereocenters. The van der Waals surface area contributed by atoms with Crippen LogP contribution in [0.5, 0.6) is 0 Å². The first kappa shape index (κ1) is 14.1. The quantitative estimate of drug-likeness (QED) is 0.740. The lowest BCUT2D eigenvalue weighted by atomic mass is 10.1. The van der Waals surface area contributed by atoms with E-state index in [1.54, 1.807) is 42.8 Å². The number of nitrogens with zero attached hydrogens (tertiary/aromatic N) is 2. The predicted molar refractivity (Wildman–Crippen MR) is 83.3 cm³/mol. The SMILES string of the molecule is CCn1c(=O)[nH]c2c(cc(C(=O)c3ccccc3)n2C)c1=O. The van der Waals surface area contributed by atoms with Gasteiger partial charge in [-0.1, -0.05) is 30.3 Å². The molecule has 0 aliphatic rings. The highest BCUT2D eigenvalue weighted by Crippen LogP contribution is 2.16. The minimum absolute atomic E-state index is 0.192. The van der Waals surface area contributed by atoms with E-state index in [2.05, 4.69) is 4.98 Å². The Morgan fingerprint density at radius 2 is 1.86 bits per heavy atom. The number of hydrogen-bond donors (Lipinski definition) is 1. The summed E-state index contributed by atoms with van der Waals surface area (Å²) in [5.74, 6) is -0.192. The Kier molecular flexibility index (Phi) is 3.29. The molecule has 0 bridgehead atoms. The zero-order chi connectivity index (χ0) is 15.9. The summed E-state index contributed by atoms with van der Waals surface area (Å²) < 4.78 is 2.66. The van der Waals surface area contributed by atoms with Crippen molar-refractivity contribution < 1.29 is 4.79 Å². The van der Waals surface area contributed by atoms with Crippen molar-refractivity contribution in [2.75, 3.05) is 0 Å². The molecular weight excluding hydrogens is 282 g/mol. The van der Waals surface area contributed by atoms with Gasteiger partial charge in [-0.3, -0.25) is 19.1 Å². The van der Waals surface area contributed by atoms with Crippen LogP contribution in [-0.4, -0.2) is 19.9 Å². The number of fused-ring (bicyclic) bond motifs is 1. The van der Waals surface area contributed by atoms with Crippen LogP contribution in [-0.2, 0) is 13.6 Å². The van der Waals surface area contributed by atoms with Gasteiger partial charge in [-0.2, -0.15) is 0 Å². The number of nitrogens with one attached hydrogen (secondary N) is 1. The summed E-state index contributed by atoms with van der Waals surface area (Å²) in [7, 11) is 1.66. The number of aromatic amines is 1. The molecule has 2 heterocycles. The number of aromatic nitrogens is 3. The van der Waals surface area contributed by atoms with Crippen LogP contribution in [0.25, 0.3) is 11.0 Å². The summed E-state index contributed by atoms with van der Waals surface area (Å²) in [5, 5.41) is 0.336. The Morgan fingerprint density at radius 1 is 1.18 bits per heavy atom. The number of aryl methyl sites for hydroxylation is 1. The first-order valence-corrected chi connectivity index (χ1v) is 6.97. The van der Waals surface area contributed by atoms with Gasteiger partial charge in [0.15, 0.2) is 0 Å². The van der Waals surface area contributed by atoms with Crippen LogP contribution >= 0.6 is 0 Å². The average molecular weight is 297 g/mol. The molecule has 3 aromatic rings. The Morgan fingerprint density at radius 3 is 2.50 bits per heavy atom. The molecule has 0 aliphatic carbocycles. The topological polar surface area (TPSA) is 76.9 Å². The maximum atomic E-state index is 12.6. The van der Waals surface area contributed by atoms with E-state index in [1.807, 2.05) is 6.07 Å². The van der Waals surface area contributed by atoms with Gasteiger partial charge < -0.3 is 4.57 Å². The van der Waals surface area contributed by atoms with Gasteiger partial charge in [0.2, 0.25) is 5.78 Å². The second-order valence-electron chi connectivity index (χ2n) is 5.03. The number of rotatable bonds is 3. The molecule has 0 amide bonds. The van der Waals surface area contributed by atoms with E-state index in [0.717, 1.165) is 4.57 Å². The van der Waals surface area contributed by atoms with Crippen molar-refractivity contribution in [1.29, 1.82) is 0 Å². The van der Waals surface area contributed by atoms with Crippen LogP contribution in [0.15, 0.2) is 46.0 Å². The van der Waals surface area contributed by atoms with Crippen LogP contribution in [0, 0.1) is 0 Å². The van der Waals surface area contributed by atoms with Crippen LogP contribution < -0.4 is 11.2 Å². The maximum Gasteiger partial charge on any atom is 0.329 e. The lowest BCUT2D eigenvalue weighted by Crippen LogP contribution is -2.34. The molecule has 3 rings (SSSR count). The molecule has 0 aliphatic heterocycles. The second kappa shape index (κ2) is 5.14. The highest BCUT2D eigenvalue weighted by Gasteiger charge is 2.18. The minimum atomic E-state index is -0.472. The van der Waals surface area contributed by atoms with Gasteiger partial charge >= 0.3 is 5.69 Å². The smallest absolute Gasteiger partial charge is 0.327 e. The van der Waals surface area contributed by atoms with E-state index >= 15 is 0 Å². The fraction of sp³-hybridized carbons (Fsp3) is 0.188. The molecule has 2 aromatic heterocycles. The zero-order valence-electron chi connectivity index (χ0n) is 12.3. The fourth-order valence-electron chi connectivity index (χ4n) is 2.57. The van der Waals surface area contributed by atoms with Crippen LogP contribution in [0.4, 0.5) is 0 Å². The Labute approximate surface area is 125 Å². The first-order chi connectivity index (χ1) is 10.5. The lowest BCUT2D eigenvalue weighted by molar-refractivity contribution is 0.103. The van der Waals surface area contributed by atoms with Gasteiger partial charge in [0.05, 0.1) is 11.1 Å². The van der Waals surface area contributed by atoms with Gasteiger partial charge in [0.25, 0.3) is 5.56 Å². The molecule has 0 saturated heterocycles. The Bertz CT molecular complexity index is 978. The summed E-state index contributed by atoms with van der Waals surface area (Å²) >= 11 is 0. The fourth-order valence-corrected chi connectivity index (χ4v) is 2.57. The molecule has 6 heteroatoms. The molecule has 0 fully saturated rings. The molecule has 0 spiro atoms. The molecule has 1 N–H and O–H groups in total. The van der Waals surface area contributed by atoms with Gasteiger partial charge in [-0.15, -0.1) is 0 Å². The highest BCUT2D eigenvalue weighted by molar-refractivity contribution is 6.10. The van der Waals surface area contributed by atoms with Crippen molar-refractivity contribution in [3.05, 3.63) is 68.5 Å². The number of hydrogen-bond acceptors (Lipinski definition) is 3. The van der Waals surface area contributed by atoms with E-state index in [4.69, 9.17) is 0 Å². The van der Waals surface area contributed by atoms with Crippen LogP contribution in [0.1, 0.15) is 23.0 Å². The maximum absolute atomic E-state index is 12.6. The number of carbonyl (C=O) groups is 1. The van der Waals surface area contributed by atoms with E-state index in [-0.39, 0.29) is 17.9 Å². The Hall–Kier alpha value is -2.89. The first-order valence-electron chi connectivity index (χ1n) is 6.97. The monoisotopic (exact) mass is 297 g/mol. The average Bonchev–Trinajstić information content (AvgIpc) is 2.85.